The Morgan fingerprint density at radius 1 is 1.10 bits per heavy atom. The summed E-state index contributed by atoms with van der Waals surface area (Å²) in [6.07, 6.45) is 1.19. The third-order valence-corrected chi connectivity index (χ3v) is 3.48. The van der Waals surface area contributed by atoms with Crippen LogP contribution in [0.15, 0.2) is 12.7 Å². The number of carbonyl (C=O) groups excluding carboxylic acids is 3. The minimum atomic E-state index is -0.400. The van der Waals surface area contributed by atoms with E-state index in [4.69, 9.17) is 0 Å². The van der Waals surface area contributed by atoms with Gasteiger partial charge in [-0.15, -0.1) is 0 Å². The normalized spacial score (nSPS) is 15.6. The average Bonchev–Trinajstić information content (AvgIpc) is 2.44. The van der Waals surface area contributed by atoms with Crippen LogP contribution in [0.25, 0.3) is 0 Å². The predicted molar refractivity (Wildman–Crippen MR) is 80.4 cm³/mol. The van der Waals surface area contributed by atoms with Gasteiger partial charge in [0.1, 0.15) is 0 Å². The lowest BCUT2D eigenvalue weighted by Crippen LogP contribution is -2.54. The van der Waals surface area contributed by atoms with Crippen molar-refractivity contribution in [3.05, 3.63) is 12.7 Å². The molecule has 1 heterocycles. The van der Waals surface area contributed by atoms with Crippen molar-refractivity contribution in [1.29, 1.82) is 0 Å². The monoisotopic (exact) mass is 295 g/mol. The third kappa shape index (κ3) is 4.58. The van der Waals surface area contributed by atoms with E-state index < -0.39 is 5.41 Å². The van der Waals surface area contributed by atoms with Crippen LogP contribution in [0.3, 0.4) is 0 Å². The minimum absolute atomic E-state index is 0.0398. The Bertz CT molecular complexity index is 432. The molecule has 1 aliphatic rings. The zero-order valence-corrected chi connectivity index (χ0v) is 13.4. The first-order valence-corrected chi connectivity index (χ1v) is 7.11. The van der Waals surface area contributed by atoms with Gasteiger partial charge in [-0.3, -0.25) is 14.4 Å². The highest BCUT2D eigenvalue weighted by Crippen LogP contribution is 2.18. The van der Waals surface area contributed by atoms with Gasteiger partial charge in [0.05, 0.1) is 6.54 Å². The number of amides is 3. The van der Waals surface area contributed by atoms with Gasteiger partial charge in [0, 0.05) is 38.6 Å². The van der Waals surface area contributed by atoms with Gasteiger partial charge in [-0.25, -0.2) is 0 Å². The summed E-state index contributed by atoms with van der Waals surface area (Å²) in [4.78, 5) is 40.4. The number of hydrogen-bond donors (Lipinski definition) is 0. The molecule has 1 aliphatic heterocycles. The molecule has 1 fully saturated rings. The molecule has 0 unspecified atom stereocenters. The lowest BCUT2D eigenvalue weighted by Gasteiger charge is -2.38. The second-order valence-corrected chi connectivity index (χ2v) is 6.32. The van der Waals surface area contributed by atoms with Crippen molar-refractivity contribution in [3.8, 4) is 0 Å². The molecule has 0 aromatic heterocycles. The Kier molecular flexibility index (Phi) is 5.52. The van der Waals surface area contributed by atoms with Gasteiger partial charge in [-0.2, -0.15) is 0 Å². The first-order chi connectivity index (χ1) is 9.66. The number of hydrogen-bond acceptors (Lipinski definition) is 3. The quantitative estimate of drug-likeness (QED) is 0.706. The van der Waals surface area contributed by atoms with Crippen molar-refractivity contribution in [2.75, 3.05) is 39.8 Å². The summed E-state index contributed by atoms with van der Waals surface area (Å²) in [5.41, 5.74) is -0.400. The number of likely N-dealkylation sites (N-methyl/N-ethyl adjacent to an activating group) is 1. The fraction of sp³-hybridized carbons (Fsp3) is 0.667. The van der Waals surface area contributed by atoms with Gasteiger partial charge in [0.25, 0.3) is 0 Å². The molecule has 21 heavy (non-hydrogen) atoms. The molecular formula is C15H25N3O3. The summed E-state index contributed by atoms with van der Waals surface area (Å²) >= 11 is 0. The van der Waals surface area contributed by atoms with Crippen LogP contribution < -0.4 is 0 Å². The number of rotatable bonds is 3. The summed E-state index contributed by atoms with van der Waals surface area (Å²) in [5, 5.41) is 0. The van der Waals surface area contributed by atoms with Crippen molar-refractivity contribution in [1.82, 2.24) is 14.7 Å². The topological polar surface area (TPSA) is 60.9 Å². The molecule has 0 aromatic carbocycles. The van der Waals surface area contributed by atoms with Gasteiger partial charge < -0.3 is 14.7 Å². The number of nitrogens with zero attached hydrogens (tertiary/aromatic N) is 3. The van der Waals surface area contributed by atoms with E-state index in [1.54, 1.807) is 16.8 Å². The first-order valence-electron chi connectivity index (χ1n) is 7.11. The van der Waals surface area contributed by atoms with Crippen molar-refractivity contribution < 1.29 is 14.4 Å². The molecule has 0 radical (unpaired) electrons. The van der Waals surface area contributed by atoms with Crippen molar-refractivity contribution >= 4 is 17.7 Å². The Morgan fingerprint density at radius 2 is 1.57 bits per heavy atom. The van der Waals surface area contributed by atoms with E-state index in [2.05, 4.69) is 6.58 Å². The highest BCUT2D eigenvalue weighted by atomic mass is 16.2. The highest BCUT2D eigenvalue weighted by molar-refractivity contribution is 5.90. The smallest absolute Gasteiger partial charge is 0.246 e. The van der Waals surface area contributed by atoms with Crippen LogP contribution >= 0.6 is 0 Å². The van der Waals surface area contributed by atoms with E-state index in [0.717, 1.165) is 0 Å². The van der Waals surface area contributed by atoms with Gasteiger partial charge in [0.2, 0.25) is 17.7 Å². The second kappa shape index (κ2) is 6.74. The zero-order chi connectivity index (χ0) is 16.2. The first kappa shape index (κ1) is 17.2. The molecule has 0 bridgehead atoms. The highest BCUT2D eigenvalue weighted by Gasteiger charge is 2.31. The fourth-order valence-electron chi connectivity index (χ4n) is 2.17. The van der Waals surface area contributed by atoms with Crippen molar-refractivity contribution in [2.45, 2.75) is 20.8 Å². The molecule has 118 valence electrons. The van der Waals surface area contributed by atoms with Crippen LogP contribution in [-0.4, -0.2) is 72.2 Å². The predicted octanol–water partition coefficient (Wildman–Crippen LogP) is 0.348. The van der Waals surface area contributed by atoms with Gasteiger partial charge in [-0.1, -0.05) is 27.4 Å². The molecule has 3 amide bonds. The van der Waals surface area contributed by atoms with Crippen LogP contribution in [0.4, 0.5) is 0 Å². The summed E-state index contributed by atoms with van der Waals surface area (Å²) in [7, 11) is 1.57. The molecule has 0 atom stereocenters. The zero-order valence-electron chi connectivity index (χ0n) is 13.4. The van der Waals surface area contributed by atoms with Crippen LogP contribution in [-0.2, 0) is 14.4 Å². The Labute approximate surface area is 126 Å². The molecule has 0 N–H and O–H groups in total. The average molecular weight is 295 g/mol. The van der Waals surface area contributed by atoms with E-state index in [1.165, 1.54) is 11.0 Å². The molecule has 0 spiro atoms. The molecule has 0 aliphatic carbocycles. The minimum Gasteiger partial charge on any atom is -0.339 e. The summed E-state index contributed by atoms with van der Waals surface area (Å²) < 4.78 is 0. The van der Waals surface area contributed by atoms with E-state index >= 15 is 0 Å². The molecule has 0 saturated carbocycles. The van der Waals surface area contributed by atoms with Gasteiger partial charge in [-0.05, 0) is 6.08 Å². The Balaban J connectivity index is 2.49. The maximum Gasteiger partial charge on any atom is 0.246 e. The molecular weight excluding hydrogens is 270 g/mol. The maximum atomic E-state index is 12.2. The van der Waals surface area contributed by atoms with Crippen LogP contribution in [0, 0.1) is 5.41 Å². The largest absolute Gasteiger partial charge is 0.339 e. The molecule has 6 nitrogen and oxygen atoms in total. The summed E-state index contributed by atoms with van der Waals surface area (Å²) in [5.74, 6) is -0.269. The van der Waals surface area contributed by atoms with E-state index in [9.17, 15) is 14.4 Å². The van der Waals surface area contributed by atoms with E-state index in [0.29, 0.717) is 26.2 Å². The molecule has 1 rings (SSSR count). The van der Waals surface area contributed by atoms with Crippen LogP contribution in [0.5, 0.6) is 0 Å². The van der Waals surface area contributed by atoms with Crippen molar-refractivity contribution in [2.24, 2.45) is 5.41 Å². The maximum absolute atomic E-state index is 12.2. The molecule has 0 aromatic rings. The third-order valence-electron chi connectivity index (χ3n) is 3.48. The van der Waals surface area contributed by atoms with Gasteiger partial charge >= 0.3 is 0 Å². The Hall–Kier alpha value is -1.85. The van der Waals surface area contributed by atoms with Gasteiger partial charge in [0.15, 0.2) is 0 Å². The lowest BCUT2D eigenvalue weighted by atomic mass is 9.94. The number of piperazine rings is 1. The summed E-state index contributed by atoms with van der Waals surface area (Å²) in [6.45, 7) is 11.2. The fourth-order valence-corrected chi connectivity index (χ4v) is 2.17. The van der Waals surface area contributed by atoms with Crippen LogP contribution in [0.2, 0.25) is 0 Å². The molecule has 1 saturated heterocycles. The number of carbonyl (C=O) groups is 3. The van der Waals surface area contributed by atoms with E-state index in [-0.39, 0.29) is 24.3 Å². The van der Waals surface area contributed by atoms with Crippen molar-refractivity contribution in [3.63, 3.8) is 0 Å². The SMILES string of the molecule is C=CC(=O)N(C)CC(=O)N1CCN(C(=O)C(C)(C)C)CC1. The lowest BCUT2D eigenvalue weighted by molar-refractivity contribution is -0.145. The summed E-state index contributed by atoms with van der Waals surface area (Å²) in [6, 6.07) is 0. The molecule has 6 heteroatoms. The van der Waals surface area contributed by atoms with E-state index in [1.807, 2.05) is 20.8 Å². The standard InChI is InChI=1S/C15H25N3O3/c1-6-12(19)16(5)11-13(20)17-7-9-18(10-8-17)14(21)15(2,3)4/h6H,1,7-11H2,2-5H3. The van der Waals surface area contributed by atoms with Crippen LogP contribution in [0.1, 0.15) is 20.8 Å². The Morgan fingerprint density at radius 3 is 2.00 bits per heavy atom. The second-order valence-electron chi connectivity index (χ2n) is 6.32.